The van der Waals surface area contributed by atoms with Crippen molar-refractivity contribution in [2.24, 2.45) is 5.73 Å². The Balaban J connectivity index is 2.26. The van der Waals surface area contributed by atoms with Gasteiger partial charge in [0.25, 0.3) is 0 Å². The fourth-order valence-electron chi connectivity index (χ4n) is 1.98. The first-order chi connectivity index (χ1) is 8.09. The molecule has 0 aromatic carbocycles. The predicted octanol–water partition coefficient (Wildman–Crippen LogP) is 2.05. The molecule has 2 atom stereocenters. The number of thioether (sulfide) groups is 1. The van der Waals surface area contributed by atoms with Crippen molar-refractivity contribution < 1.29 is 0 Å². The van der Waals surface area contributed by atoms with E-state index in [2.05, 4.69) is 23.7 Å². The van der Waals surface area contributed by atoms with E-state index in [1.165, 1.54) is 0 Å². The van der Waals surface area contributed by atoms with Crippen molar-refractivity contribution in [2.45, 2.75) is 25.1 Å². The summed E-state index contributed by atoms with van der Waals surface area (Å²) in [6.45, 7) is 5.54. The quantitative estimate of drug-likeness (QED) is 0.831. The largest absolute Gasteiger partial charge is 0.388 e. The zero-order valence-electron chi connectivity index (χ0n) is 10.1. The number of anilines is 1. The van der Waals surface area contributed by atoms with Crippen LogP contribution < -0.4 is 10.6 Å². The molecule has 5 heteroatoms. The zero-order valence-corrected chi connectivity index (χ0v) is 11.7. The smallest absolute Gasteiger partial charge is 0.129 e. The second-order valence-corrected chi connectivity index (χ2v) is 6.18. The van der Waals surface area contributed by atoms with Gasteiger partial charge < -0.3 is 10.6 Å². The molecule has 0 spiro atoms. The number of nitrogens with two attached hydrogens (primary N) is 1. The van der Waals surface area contributed by atoms with Gasteiger partial charge in [-0.05, 0) is 19.1 Å². The van der Waals surface area contributed by atoms with Gasteiger partial charge in [-0.25, -0.2) is 4.98 Å². The van der Waals surface area contributed by atoms with Crippen LogP contribution in [0.3, 0.4) is 0 Å². The molecule has 0 aliphatic carbocycles. The Bertz CT molecular complexity index is 422. The van der Waals surface area contributed by atoms with Gasteiger partial charge in [0.1, 0.15) is 10.8 Å². The Morgan fingerprint density at radius 2 is 2.29 bits per heavy atom. The van der Waals surface area contributed by atoms with Gasteiger partial charge in [-0.15, -0.1) is 0 Å². The number of thiocarbonyl (C=S) groups is 1. The molecule has 17 heavy (non-hydrogen) atoms. The van der Waals surface area contributed by atoms with E-state index in [9.17, 15) is 0 Å². The van der Waals surface area contributed by atoms with Gasteiger partial charge in [-0.1, -0.05) is 25.2 Å². The monoisotopic (exact) mass is 267 g/mol. The van der Waals surface area contributed by atoms with E-state index in [1.807, 2.05) is 30.0 Å². The highest BCUT2D eigenvalue weighted by Gasteiger charge is 2.26. The predicted molar refractivity (Wildman–Crippen MR) is 78.9 cm³/mol. The number of pyridine rings is 1. The van der Waals surface area contributed by atoms with Crippen LogP contribution in [-0.2, 0) is 0 Å². The molecule has 1 aliphatic rings. The van der Waals surface area contributed by atoms with E-state index in [0.29, 0.717) is 22.0 Å². The lowest BCUT2D eigenvalue weighted by Crippen LogP contribution is -2.45. The van der Waals surface area contributed by atoms with Gasteiger partial charge in [0, 0.05) is 23.6 Å². The lowest BCUT2D eigenvalue weighted by Gasteiger charge is -2.38. The van der Waals surface area contributed by atoms with Crippen LogP contribution in [0.4, 0.5) is 5.82 Å². The van der Waals surface area contributed by atoms with Crippen molar-refractivity contribution in [3.05, 3.63) is 23.9 Å². The van der Waals surface area contributed by atoms with E-state index in [-0.39, 0.29) is 0 Å². The molecular weight excluding hydrogens is 250 g/mol. The molecule has 2 heterocycles. The van der Waals surface area contributed by atoms with Gasteiger partial charge in [-0.3, -0.25) is 0 Å². The van der Waals surface area contributed by atoms with Crippen LogP contribution in [0, 0.1) is 0 Å². The van der Waals surface area contributed by atoms with Crippen molar-refractivity contribution in [1.29, 1.82) is 0 Å². The Hall–Kier alpha value is -0.810. The van der Waals surface area contributed by atoms with E-state index < -0.39 is 0 Å². The number of aromatic nitrogens is 1. The lowest BCUT2D eigenvalue weighted by atomic mass is 10.2. The van der Waals surface area contributed by atoms with Gasteiger partial charge in [0.15, 0.2) is 0 Å². The topological polar surface area (TPSA) is 42.1 Å². The van der Waals surface area contributed by atoms with Crippen LogP contribution in [0.25, 0.3) is 0 Å². The minimum Gasteiger partial charge on any atom is -0.388 e. The molecule has 1 aromatic rings. The molecule has 2 N–H and O–H groups in total. The number of hydrogen-bond acceptors (Lipinski definition) is 4. The van der Waals surface area contributed by atoms with Crippen molar-refractivity contribution in [2.75, 3.05) is 17.2 Å². The highest BCUT2D eigenvalue weighted by atomic mass is 32.2. The Morgan fingerprint density at radius 1 is 1.53 bits per heavy atom. The summed E-state index contributed by atoms with van der Waals surface area (Å²) in [5, 5.41) is 0.624. The maximum atomic E-state index is 5.62. The second kappa shape index (κ2) is 5.23. The summed E-state index contributed by atoms with van der Waals surface area (Å²) in [5.74, 6) is 2.12. The second-order valence-electron chi connectivity index (χ2n) is 4.26. The molecule has 0 amide bonds. The third-order valence-corrected chi connectivity index (χ3v) is 4.71. The van der Waals surface area contributed by atoms with Crippen molar-refractivity contribution >= 4 is 34.8 Å². The van der Waals surface area contributed by atoms with Gasteiger partial charge >= 0.3 is 0 Å². The van der Waals surface area contributed by atoms with Crippen molar-refractivity contribution in [3.63, 3.8) is 0 Å². The summed E-state index contributed by atoms with van der Waals surface area (Å²) in [7, 11) is 0. The summed E-state index contributed by atoms with van der Waals surface area (Å²) in [5.41, 5.74) is 6.32. The first kappa shape index (κ1) is 12.6. The van der Waals surface area contributed by atoms with E-state index in [0.717, 1.165) is 18.1 Å². The highest BCUT2D eigenvalue weighted by molar-refractivity contribution is 8.00. The van der Waals surface area contributed by atoms with E-state index in [4.69, 9.17) is 18.0 Å². The zero-order chi connectivity index (χ0) is 12.4. The molecule has 3 nitrogen and oxygen atoms in total. The fraction of sp³-hybridized carbons (Fsp3) is 0.500. The maximum absolute atomic E-state index is 5.62. The lowest BCUT2D eigenvalue weighted by molar-refractivity contribution is 0.620. The molecule has 0 bridgehead atoms. The minimum absolute atomic E-state index is 0.360. The number of hydrogen-bond donors (Lipinski definition) is 1. The van der Waals surface area contributed by atoms with Crippen LogP contribution in [0.2, 0.25) is 0 Å². The molecule has 1 fully saturated rings. The third-order valence-electron chi connectivity index (χ3n) is 3.17. The Morgan fingerprint density at radius 3 is 3.00 bits per heavy atom. The summed E-state index contributed by atoms with van der Waals surface area (Å²) in [4.78, 5) is 7.23. The van der Waals surface area contributed by atoms with Crippen LogP contribution in [0.5, 0.6) is 0 Å². The van der Waals surface area contributed by atoms with Crippen molar-refractivity contribution in [3.8, 4) is 0 Å². The highest BCUT2D eigenvalue weighted by Crippen LogP contribution is 2.27. The molecule has 92 valence electrons. The average molecular weight is 267 g/mol. The molecule has 1 saturated heterocycles. The normalized spacial score (nSPS) is 24.7. The molecule has 2 rings (SSSR count). The van der Waals surface area contributed by atoms with Crippen LogP contribution in [0.15, 0.2) is 18.2 Å². The van der Waals surface area contributed by atoms with Gasteiger partial charge in [0.2, 0.25) is 0 Å². The molecule has 1 aromatic heterocycles. The maximum Gasteiger partial charge on any atom is 0.129 e. The Kier molecular flexibility index (Phi) is 3.89. The van der Waals surface area contributed by atoms with Crippen molar-refractivity contribution in [1.82, 2.24) is 4.98 Å². The summed E-state index contributed by atoms with van der Waals surface area (Å²) < 4.78 is 0. The van der Waals surface area contributed by atoms with E-state index >= 15 is 0 Å². The van der Waals surface area contributed by atoms with Gasteiger partial charge in [-0.2, -0.15) is 11.8 Å². The number of nitrogens with zero attached hydrogens (tertiary/aromatic N) is 2. The first-order valence-corrected chi connectivity index (χ1v) is 7.20. The third kappa shape index (κ3) is 2.72. The number of rotatable bonds is 2. The SMILES string of the molecule is CC1SCCN(c2cccc(C(N)=S)n2)C1C. The standard InChI is InChI=1S/C12H17N3S2/c1-8-9(2)17-7-6-15(8)11-5-3-4-10(14-11)12(13)16/h3-5,8-9H,6-7H2,1-2H3,(H2,13,16). The molecule has 2 unspecified atom stereocenters. The molecule has 0 radical (unpaired) electrons. The van der Waals surface area contributed by atoms with E-state index in [1.54, 1.807) is 0 Å². The summed E-state index contributed by atoms with van der Waals surface area (Å²) in [6, 6.07) is 6.35. The molecule has 1 aliphatic heterocycles. The molecule has 0 saturated carbocycles. The van der Waals surface area contributed by atoms with Crippen LogP contribution in [0.1, 0.15) is 19.5 Å². The summed E-state index contributed by atoms with van der Waals surface area (Å²) in [6.07, 6.45) is 0. The summed E-state index contributed by atoms with van der Waals surface area (Å²) >= 11 is 6.98. The minimum atomic E-state index is 0.360. The van der Waals surface area contributed by atoms with Crippen LogP contribution >= 0.6 is 24.0 Å². The first-order valence-electron chi connectivity index (χ1n) is 5.74. The Labute approximate surface area is 112 Å². The average Bonchev–Trinajstić information content (AvgIpc) is 2.33. The van der Waals surface area contributed by atoms with Crippen LogP contribution in [-0.4, -0.2) is 33.6 Å². The van der Waals surface area contributed by atoms with Gasteiger partial charge in [0.05, 0.1) is 5.69 Å². The molecular formula is C12H17N3S2. The fourth-order valence-corrected chi connectivity index (χ4v) is 3.19.